The Hall–Kier alpha value is -2.08. The molecule has 0 spiro atoms. The number of rotatable bonds is 2. The average Bonchev–Trinajstić information content (AvgIpc) is 2.93. The second kappa shape index (κ2) is 5.28. The summed E-state index contributed by atoms with van der Waals surface area (Å²) in [4.78, 5) is 30.3. The summed E-state index contributed by atoms with van der Waals surface area (Å²) in [5, 5.41) is 0.785. The van der Waals surface area contributed by atoms with Gasteiger partial charge < -0.3 is 4.98 Å². The SMILES string of the molecule is CC[C@H]1CCc2c(sc3nc(-c4ccncn4)[nH]c(=O)c23)C1. The lowest BCUT2D eigenvalue weighted by Crippen LogP contribution is -2.14. The smallest absolute Gasteiger partial charge is 0.260 e. The fourth-order valence-electron chi connectivity index (χ4n) is 3.15. The minimum absolute atomic E-state index is 0.0499. The van der Waals surface area contributed by atoms with Crippen LogP contribution in [0.25, 0.3) is 21.7 Å². The van der Waals surface area contributed by atoms with Crippen LogP contribution in [-0.2, 0) is 12.8 Å². The van der Waals surface area contributed by atoms with Crippen LogP contribution in [0.15, 0.2) is 23.4 Å². The molecular weight excluding hydrogens is 296 g/mol. The van der Waals surface area contributed by atoms with Crippen molar-refractivity contribution in [1.82, 2.24) is 19.9 Å². The Morgan fingerprint density at radius 2 is 2.36 bits per heavy atom. The summed E-state index contributed by atoms with van der Waals surface area (Å²) in [5.41, 5.74) is 1.81. The van der Waals surface area contributed by atoms with E-state index in [1.165, 1.54) is 29.6 Å². The molecule has 6 heteroatoms. The molecule has 1 aliphatic rings. The van der Waals surface area contributed by atoms with Gasteiger partial charge in [-0.1, -0.05) is 13.3 Å². The van der Waals surface area contributed by atoms with Gasteiger partial charge in [0.1, 0.15) is 16.9 Å². The number of fused-ring (bicyclic) bond motifs is 3. The van der Waals surface area contributed by atoms with Crippen molar-refractivity contribution in [1.29, 1.82) is 0 Å². The van der Waals surface area contributed by atoms with Crippen LogP contribution >= 0.6 is 11.3 Å². The summed E-state index contributed by atoms with van der Waals surface area (Å²) in [6, 6.07) is 1.75. The first kappa shape index (κ1) is 13.6. The van der Waals surface area contributed by atoms with E-state index in [-0.39, 0.29) is 5.56 Å². The second-order valence-electron chi connectivity index (χ2n) is 5.71. The largest absolute Gasteiger partial charge is 0.305 e. The Bertz CT molecular complexity index is 884. The van der Waals surface area contributed by atoms with Gasteiger partial charge in [0.2, 0.25) is 0 Å². The maximum Gasteiger partial charge on any atom is 0.260 e. The fourth-order valence-corrected chi connectivity index (χ4v) is 4.49. The zero-order valence-electron chi connectivity index (χ0n) is 12.3. The van der Waals surface area contributed by atoms with E-state index in [0.29, 0.717) is 11.5 Å². The molecule has 0 aliphatic heterocycles. The van der Waals surface area contributed by atoms with Crippen LogP contribution in [0.3, 0.4) is 0 Å². The predicted molar refractivity (Wildman–Crippen MR) is 87.1 cm³/mol. The molecular formula is C16H16N4OS. The summed E-state index contributed by atoms with van der Waals surface area (Å²) in [7, 11) is 0. The van der Waals surface area contributed by atoms with Gasteiger partial charge in [0.05, 0.1) is 5.39 Å². The third-order valence-electron chi connectivity index (χ3n) is 4.42. The molecule has 0 saturated heterocycles. The van der Waals surface area contributed by atoms with Crippen molar-refractivity contribution in [2.24, 2.45) is 5.92 Å². The molecule has 3 aromatic heterocycles. The van der Waals surface area contributed by atoms with Gasteiger partial charge in [0.15, 0.2) is 5.82 Å². The molecule has 0 fully saturated rings. The Morgan fingerprint density at radius 3 is 3.14 bits per heavy atom. The third-order valence-corrected chi connectivity index (χ3v) is 5.57. The number of H-pyrrole nitrogens is 1. The molecule has 0 saturated carbocycles. The zero-order valence-corrected chi connectivity index (χ0v) is 13.1. The highest BCUT2D eigenvalue weighted by Crippen LogP contribution is 2.37. The highest BCUT2D eigenvalue weighted by molar-refractivity contribution is 7.18. The van der Waals surface area contributed by atoms with Crippen LogP contribution in [0.4, 0.5) is 0 Å². The molecule has 0 unspecified atom stereocenters. The maximum absolute atomic E-state index is 12.5. The first-order valence-electron chi connectivity index (χ1n) is 7.57. The predicted octanol–water partition coefficient (Wildman–Crippen LogP) is 2.96. The van der Waals surface area contributed by atoms with E-state index in [1.54, 1.807) is 23.6 Å². The van der Waals surface area contributed by atoms with Crippen LogP contribution < -0.4 is 5.56 Å². The normalized spacial score (nSPS) is 17.6. The molecule has 1 N–H and O–H groups in total. The zero-order chi connectivity index (χ0) is 15.1. The molecule has 112 valence electrons. The summed E-state index contributed by atoms with van der Waals surface area (Å²) in [5.74, 6) is 1.26. The van der Waals surface area contributed by atoms with Crippen molar-refractivity contribution < 1.29 is 0 Å². The van der Waals surface area contributed by atoms with Gasteiger partial charge >= 0.3 is 0 Å². The van der Waals surface area contributed by atoms with E-state index in [4.69, 9.17) is 0 Å². The Kier molecular flexibility index (Phi) is 3.26. The van der Waals surface area contributed by atoms with Crippen LogP contribution in [0.1, 0.15) is 30.2 Å². The van der Waals surface area contributed by atoms with Gasteiger partial charge in [0.25, 0.3) is 5.56 Å². The first-order valence-corrected chi connectivity index (χ1v) is 8.39. The number of nitrogens with one attached hydrogen (secondary N) is 1. The molecule has 1 aliphatic carbocycles. The minimum Gasteiger partial charge on any atom is -0.305 e. The minimum atomic E-state index is -0.0499. The van der Waals surface area contributed by atoms with Gasteiger partial charge in [-0.25, -0.2) is 15.0 Å². The van der Waals surface area contributed by atoms with Crippen molar-refractivity contribution in [3.63, 3.8) is 0 Å². The van der Waals surface area contributed by atoms with Crippen molar-refractivity contribution >= 4 is 21.6 Å². The number of hydrogen-bond acceptors (Lipinski definition) is 5. The van der Waals surface area contributed by atoms with Crippen LogP contribution in [0, 0.1) is 5.92 Å². The maximum atomic E-state index is 12.5. The molecule has 3 heterocycles. The van der Waals surface area contributed by atoms with E-state index in [9.17, 15) is 4.79 Å². The number of aromatic nitrogens is 4. The second-order valence-corrected chi connectivity index (χ2v) is 6.79. The Labute approximate surface area is 131 Å². The van der Waals surface area contributed by atoms with Crippen LogP contribution in [0.5, 0.6) is 0 Å². The molecule has 1 atom stereocenters. The highest BCUT2D eigenvalue weighted by atomic mass is 32.1. The lowest BCUT2D eigenvalue weighted by atomic mass is 9.86. The summed E-state index contributed by atoms with van der Waals surface area (Å²) < 4.78 is 0. The van der Waals surface area contributed by atoms with E-state index >= 15 is 0 Å². The number of thiophene rings is 1. The standard InChI is InChI=1S/C16H16N4OS/c1-2-9-3-4-10-12(7-9)22-16-13(10)15(21)19-14(20-16)11-5-6-17-8-18-11/h5-6,8-9H,2-4,7H2,1H3,(H,19,20,21)/t9-/m0/s1. The van der Waals surface area contributed by atoms with Gasteiger partial charge in [-0.05, 0) is 36.8 Å². The first-order chi connectivity index (χ1) is 10.8. The average molecular weight is 312 g/mol. The van der Waals surface area contributed by atoms with Crippen molar-refractivity contribution in [2.45, 2.75) is 32.6 Å². The third kappa shape index (κ3) is 2.14. The summed E-state index contributed by atoms with van der Waals surface area (Å²) >= 11 is 1.67. The van der Waals surface area contributed by atoms with E-state index < -0.39 is 0 Å². The monoisotopic (exact) mass is 312 g/mol. The molecule has 4 rings (SSSR count). The highest BCUT2D eigenvalue weighted by Gasteiger charge is 2.24. The molecule has 22 heavy (non-hydrogen) atoms. The molecule has 0 bridgehead atoms. The Morgan fingerprint density at radius 1 is 1.45 bits per heavy atom. The van der Waals surface area contributed by atoms with E-state index in [2.05, 4.69) is 26.9 Å². The summed E-state index contributed by atoms with van der Waals surface area (Å²) in [6.45, 7) is 2.24. The number of aromatic amines is 1. The molecule has 0 aromatic carbocycles. The van der Waals surface area contributed by atoms with Crippen LogP contribution in [-0.4, -0.2) is 19.9 Å². The van der Waals surface area contributed by atoms with Crippen molar-refractivity contribution in [3.05, 3.63) is 39.4 Å². The molecule has 3 aromatic rings. The fraction of sp³-hybridized carbons (Fsp3) is 0.375. The number of hydrogen-bond donors (Lipinski definition) is 1. The molecule has 5 nitrogen and oxygen atoms in total. The lowest BCUT2D eigenvalue weighted by Gasteiger charge is -2.20. The van der Waals surface area contributed by atoms with E-state index in [0.717, 1.165) is 29.0 Å². The van der Waals surface area contributed by atoms with Gasteiger partial charge in [0, 0.05) is 11.1 Å². The van der Waals surface area contributed by atoms with Crippen molar-refractivity contribution in [2.75, 3.05) is 0 Å². The van der Waals surface area contributed by atoms with Crippen molar-refractivity contribution in [3.8, 4) is 11.5 Å². The molecule has 0 amide bonds. The van der Waals surface area contributed by atoms with Gasteiger partial charge in [-0.2, -0.15) is 0 Å². The topological polar surface area (TPSA) is 71.5 Å². The van der Waals surface area contributed by atoms with E-state index in [1.807, 2.05) is 0 Å². The van der Waals surface area contributed by atoms with Crippen LogP contribution in [0.2, 0.25) is 0 Å². The summed E-state index contributed by atoms with van der Waals surface area (Å²) in [6.07, 6.45) is 7.55. The number of aryl methyl sites for hydroxylation is 1. The molecule has 0 radical (unpaired) electrons. The quantitative estimate of drug-likeness (QED) is 0.789. The number of nitrogens with zero attached hydrogens (tertiary/aromatic N) is 3. The van der Waals surface area contributed by atoms with Gasteiger partial charge in [-0.3, -0.25) is 4.79 Å². The Balaban J connectivity index is 1.88. The lowest BCUT2D eigenvalue weighted by molar-refractivity contribution is 0.451. The van der Waals surface area contributed by atoms with Gasteiger partial charge in [-0.15, -0.1) is 11.3 Å².